The van der Waals surface area contributed by atoms with Crippen molar-refractivity contribution in [1.82, 2.24) is 9.78 Å². The second kappa shape index (κ2) is 7.07. The van der Waals surface area contributed by atoms with Crippen molar-refractivity contribution in [2.24, 2.45) is 0 Å². The van der Waals surface area contributed by atoms with Gasteiger partial charge in [-0.15, -0.1) is 0 Å². The van der Waals surface area contributed by atoms with Crippen LogP contribution in [-0.2, 0) is 16.1 Å². The minimum Gasteiger partial charge on any atom is -0.466 e. The predicted octanol–water partition coefficient (Wildman–Crippen LogP) is 4.58. The second-order valence-electron chi connectivity index (χ2n) is 5.15. The summed E-state index contributed by atoms with van der Waals surface area (Å²) in [6, 6.07) is 13.2. The molecule has 24 heavy (non-hydrogen) atoms. The molecule has 3 aromatic rings. The van der Waals surface area contributed by atoms with Gasteiger partial charge in [-0.3, -0.25) is 4.68 Å². The van der Waals surface area contributed by atoms with Crippen LogP contribution in [0, 0.1) is 0 Å². The maximum atomic E-state index is 11.3. The monoisotopic (exact) mass is 360 g/mol. The number of hydrogen-bond acceptors (Lipinski definition) is 3. The quantitative estimate of drug-likeness (QED) is 0.505. The lowest BCUT2D eigenvalue weighted by molar-refractivity contribution is -0.134. The number of halogens is 2. The molecular formula is C18H14Cl2N2O2. The van der Waals surface area contributed by atoms with Gasteiger partial charge >= 0.3 is 5.97 Å². The van der Waals surface area contributed by atoms with Crippen LogP contribution in [0.1, 0.15) is 11.3 Å². The SMILES string of the molecule is COC(=O)/C=C/c1nn(Cc2ccc(Cl)cc2Cl)c2ccccc12. The molecular weight excluding hydrogens is 347 g/mol. The summed E-state index contributed by atoms with van der Waals surface area (Å²) in [5, 5.41) is 6.72. The summed E-state index contributed by atoms with van der Waals surface area (Å²) in [4.78, 5) is 11.3. The normalized spacial score (nSPS) is 11.3. The molecule has 0 atom stereocenters. The molecule has 6 heteroatoms. The van der Waals surface area contributed by atoms with Gasteiger partial charge in [0.05, 0.1) is 24.9 Å². The topological polar surface area (TPSA) is 44.1 Å². The Bertz CT molecular complexity index is 932. The summed E-state index contributed by atoms with van der Waals surface area (Å²) in [6.07, 6.45) is 3.00. The molecule has 0 saturated carbocycles. The number of carbonyl (C=O) groups is 1. The highest BCUT2D eigenvalue weighted by Crippen LogP contribution is 2.25. The van der Waals surface area contributed by atoms with Gasteiger partial charge in [-0.05, 0) is 29.8 Å². The highest BCUT2D eigenvalue weighted by Gasteiger charge is 2.10. The van der Waals surface area contributed by atoms with Crippen molar-refractivity contribution in [3.05, 3.63) is 69.8 Å². The van der Waals surface area contributed by atoms with Gasteiger partial charge in [0.15, 0.2) is 0 Å². The van der Waals surface area contributed by atoms with E-state index in [0.717, 1.165) is 16.5 Å². The van der Waals surface area contributed by atoms with E-state index in [1.165, 1.54) is 13.2 Å². The maximum Gasteiger partial charge on any atom is 0.330 e. The molecule has 0 unspecified atom stereocenters. The minimum absolute atomic E-state index is 0.422. The molecule has 4 nitrogen and oxygen atoms in total. The molecule has 0 spiro atoms. The van der Waals surface area contributed by atoms with Gasteiger partial charge in [0.2, 0.25) is 0 Å². The zero-order chi connectivity index (χ0) is 17.1. The highest BCUT2D eigenvalue weighted by molar-refractivity contribution is 6.35. The summed E-state index contributed by atoms with van der Waals surface area (Å²) < 4.78 is 6.47. The first kappa shape index (κ1) is 16.6. The molecule has 1 heterocycles. The maximum absolute atomic E-state index is 11.3. The van der Waals surface area contributed by atoms with Gasteiger partial charge in [0, 0.05) is 21.5 Å². The Morgan fingerprint density at radius 3 is 2.79 bits per heavy atom. The molecule has 0 fully saturated rings. The van der Waals surface area contributed by atoms with Crippen molar-refractivity contribution in [3.8, 4) is 0 Å². The molecule has 0 saturated heterocycles. The lowest BCUT2D eigenvalue weighted by Crippen LogP contribution is -2.02. The Morgan fingerprint density at radius 1 is 1.25 bits per heavy atom. The van der Waals surface area contributed by atoms with Crippen molar-refractivity contribution in [1.29, 1.82) is 0 Å². The number of nitrogens with zero attached hydrogens (tertiary/aromatic N) is 2. The number of ether oxygens (including phenoxy) is 1. The van der Waals surface area contributed by atoms with E-state index >= 15 is 0 Å². The predicted molar refractivity (Wildman–Crippen MR) is 96.3 cm³/mol. The third-order valence-corrected chi connectivity index (χ3v) is 4.19. The Morgan fingerprint density at radius 2 is 2.04 bits per heavy atom. The van der Waals surface area contributed by atoms with Crippen LogP contribution in [-0.4, -0.2) is 22.9 Å². The van der Waals surface area contributed by atoms with Crippen LogP contribution in [0.2, 0.25) is 10.0 Å². The molecule has 0 aliphatic carbocycles. The first-order chi connectivity index (χ1) is 11.6. The largest absolute Gasteiger partial charge is 0.466 e. The Kier molecular flexibility index (Phi) is 4.88. The molecule has 0 bridgehead atoms. The number of hydrogen-bond donors (Lipinski definition) is 0. The minimum atomic E-state index is -0.422. The Labute approximate surface area is 149 Å². The van der Waals surface area contributed by atoms with Gasteiger partial charge in [-0.25, -0.2) is 4.79 Å². The average Bonchev–Trinajstić information content (AvgIpc) is 2.93. The number of aromatic nitrogens is 2. The van der Waals surface area contributed by atoms with Crippen molar-refractivity contribution in [2.75, 3.05) is 7.11 Å². The highest BCUT2D eigenvalue weighted by atomic mass is 35.5. The van der Waals surface area contributed by atoms with Crippen molar-refractivity contribution >= 4 is 46.2 Å². The first-order valence-electron chi connectivity index (χ1n) is 7.24. The summed E-state index contributed by atoms with van der Waals surface area (Å²) >= 11 is 12.2. The van der Waals surface area contributed by atoms with Crippen LogP contribution in [0.4, 0.5) is 0 Å². The summed E-state index contributed by atoms with van der Waals surface area (Å²) in [6.45, 7) is 0.503. The van der Waals surface area contributed by atoms with Gasteiger partial charge in [-0.2, -0.15) is 5.10 Å². The average molecular weight is 361 g/mol. The fourth-order valence-corrected chi connectivity index (χ4v) is 2.89. The van der Waals surface area contributed by atoms with Crippen LogP contribution in [0.15, 0.2) is 48.5 Å². The number of esters is 1. The van der Waals surface area contributed by atoms with E-state index in [9.17, 15) is 4.79 Å². The van der Waals surface area contributed by atoms with Crippen LogP contribution in [0.5, 0.6) is 0 Å². The first-order valence-corrected chi connectivity index (χ1v) is 7.99. The van der Waals surface area contributed by atoms with E-state index in [1.54, 1.807) is 18.2 Å². The lowest BCUT2D eigenvalue weighted by Gasteiger charge is -2.06. The summed E-state index contributed by atoms with van der Waals surface area (Å²) in [7, 11) is 1.34. The van der Waals surface area contributed by atoms with E-state index in [4.69, 9.17) is 23.2 Å². The zero-order valence-electron chi connectivity index (χ0n) is 12.9. The number of carbonyl (C=O) groups excluding carboxylic acids is 1. The number of para-hydroxylation sites is 1. The molecule has 1 aromatic heterocycles. The summed E-state index contributed by atoms with van der Waals surface area (Å²) in [5.41, 5.74) is 2.56. The van der Waals surface area contributed by atoms with Crippen LogP contribution < -0.4 is 0 Å². The van der Waals surface area contributed by atoms with E-state index in [0.29, 0.717) is 22.3 Å². The fraction of sp³-hybridized carbons (Fsp3) is 0.111. The fourth-order valence-electron chi connectivity index (χ4n) is 2.42. The van der Waals surface area contributed by atoms with E-state index in [2.05, 4.69) is 9.84 Å². The molecule has 0 radical (unpaired) electrons. The Hall–Kier alpha value is -2.30. The van der Waals surface area contributed by atoms with E-state index < -0.39 is 5.97 Å². The van der Waals surface area contributed by atoms with Gasteiger partial charge in [0.1, 0.15) is 0 Å². The molecule has 0 amide bonds. The van der Waals surface area contributed by atoms with Crippen molar-refractivity contribution in [3.63, 3.8) is 0 Å². The van der Waals surface area contributed by atoms with Gasteiger partial charge in [-0.1, -0.05) is 47.5 Å². The molecule has 2 aromatic carbocycles. The number of benzene rings is 2. The Balaban J connectivity index is 2.02. The van der Waals surface area contributed by atoms with E-state index in [-0.39, 0.29) is 0 Å². The van der Waals surface area contributed by atoms with Gasteiger partial charge in [0.25, 0.3) is 0 Å². The third kappa shape index (κ3) is 3.45. The van der Waals surface area contributed by atoms with Crippen LogP contribution >= 0.6 is 23.2 Å². The van der Waals surface area contributed by atoms with Gasteiger partial charge < -0.3 is 4.74 Å². The lowest BCUT2D eigenvalue weighted by atomic mass is 10.2. The number of rotatable bonds is 4. The van der Waals surface area contributed by atoms with Crippen molar-refractivity contribution in [2.45, 2.75) is 6.54 Å². The molecule has 122 valence electrons. The second-order valence-corrected chi connectivity index (χ2v) is 6.00. The smallest absolute Gasteiger partial charge is 0.330 e. The van der Waals surface area contributed by atoms with Crippen molar-refractivity contribution < 1.29 is 9.53 Å². The number of methoxy groups -OCH3 is 1. The third-order valence-electron chi connectivity index (χ3n) is 3.60. The zero-order valence-corrected chi connectivity index (χ0v) is 14.4. The molecule has 3 rings (SSSR count). The van der Waals surface area contributed by atoms with Crippen LogP contribution in [0.3, 0.4) is 0 Å². The van der Waals surface area contributed by atoms with Crippen LogP contribution in [0.25, 0.3) is 17.0 Å². The van der Waals surface area contributed by atoms with E-state index in [1.807, 2.05) is 35.0 Å². The molecule has 0 N–H and O–H groups in total. The molecule has 0 aliphatic heterocycles. The number of fused-ring (bicyclic) bond motifs is 1. The molecule has 0 aliphatic rings. The summed E-state index contributed by atoms with van der Waals surface area (Å²) in [5.74, 6) is -0.422. The standard InChI is InChI=1S/C18H14Cl2N2O2/c1-24-18(23)9-8-16-14-4-2-3-5-17(14)22(21-16)11-12-6-7-13(19)10-15(12)20/h2-10H,11H2,1H3/b9-8+.